The molecule has 8 aromatic rings. The van der Waals surface area contributed by atoms with Gasteiger partial charge in [0.2, 0.25) is 11.6 Å². The van der Waals surface area contributed by atoms with Crippen molar-refractivity contribution in [3.05, 3.63) is 189 Å². The third kappa shape index (κ3) is 6.36. The van der Waals surface area contributed by atoms with Crippen molar-refractivity contribution < 1.29 is 53.5 Å². The molecule has 3 aliphatic heterocycles. The molecule has 0 fully saturated rings. The number of H-pyrrole nitrogens is 2. The van der Waals surface area contributed by atoms with Gasteiger partial charge in [-0.2, -0.15) is 0 Å². The Morgan fingerprint density at radius 1 is 0.441 bits per heavy atom. The van der Waals surface area contributed by atoms with Crippen molar-refractivity contribution in [1.29, 1.82) is 0 Å². The standard InChI is InChI=1S/C51H23F10N5O2/c52-40-38(41(53)45(57)48(60)44(40)56)36-30-13-11-24(62-30)19-25-12-14-31(63-25)37(39-42(54)46(58)49(61)47(59)43(39)55)33-18-16-29(65-33)35(28-15-17-32(36)64-28)23-9-7-21(8-10-23)20-66-50(67)26-5-1-3-22-4-2-6-27(34(22)26)51(66)68/h1-19,62,65H,20H2. The molecule has 3 aliphatic rings. The second-order valence-corrected chi connectivity index (χ2v) is 15.8. The van der Waals surface area contributed by atoms with E-state index in [1.807, 2.05) is 0 Å². The van der Waals surface area contributed by atoms with Crippen LogP contribution in [0.1, 0.15) is 49.1 Å². The molecule has 0 unspecified atom stereocenters. The second kappa shape index (κ2) is 15.5. The molecule has 2 amide bonds. The zero-order valence-corrected chi connectivity index (χ0v) is 34.1. The summed E-state index contributed by atoms with van der Waals surface area (Å²) in [4.78, 5) is 43.4. The highest BCUT2D eigenvalue weighted by atomic mass is 19.2. The maximum Gasteiger partial charge on any atom is 0.261 e. The number of amides is 2. The molecule has 0 saturated carbocycles. The molecule has 0 aliphatic carbocycles. The predicted octanol–water partition coefficient (Wildman–Crippen LogP) is 13.0. The minimum absolute atomic E-state index is 0.00875. The van der Waals surface area contributed by atoms with E-state index >= 15 is 17.6 Å². The van der Waals surface area contributed by atoms with Gasteiger partial charge in [-0.15, -0.1) is 0 Å². The Bertz CT molecular complexity index is 3660. The molecule has 5 aromatic carbocycles. The number of nitrogens with zero attached hydrogens (tertiary/aromatic N) is 3. The first-order chi connectivity index (χ1) is 32.7. The predicted molar refractivity (Wildman–Crippen MR) is 233 cm³/mol. The average Bonchev–Trinajstić information content (AvgIpc) is 4.20. The minimum atomic E-state index is -2.38. The summed E-state index contributed by atoms with van der Waals surface area (Å²) < 4.78 is 151. The lowest BCUT2D eigenvalue weighted by Crippen LogP contribution is -2.39. The summed E-state index contributed by atoms with van der Waals surface area (Å²) >= 11 is 0. The number of fused-ring (bicyclic) bond motifs is 8. The van der Waals surface area contributed by atoms with Crippen LogP contribution in [0.25, 0.3) is 90.5 Å². The average molecular weight is 928 g/mol. The molecule has 6 heterocycles. The number of hydrogen-bond acceptors (Lipinski definition) is 4. The van der Waals surface area contributed by atoms with E-state index in [0.29, 0.717) is 27.6 Å². The van der Waals surface area contributed by atoms with E-state index in [4.69, 9.17) is 0 Å². The van der Waals surface area contributed by atoms with Gasteiger partial charge in [-0.05, 0) is 83.3 Å². The molecular formula is C51H23F10N5O2. The summed E-state index contributed by atoms with van der Waals surface area (Å²) in [5, 5.41) is 1.25. The van der Waals surface area contributed by atoms with E-state index in [1.165, 1.54) is 54.6 Å². The number of rotatable bonds is 5. The number of hydrogen-bond donors (Lipinski definition) is 2. The van der Waals surface area contributed by atoms with Crippen molar-refractivity contribution in [2.45, 2.75) is 6.54 Å². The van der Waals surface area contributed by atoms with Crippen LogP contribution < -0.4 is 0 Å². The maximum atomic E-state index is 15.7. The summed E-state index contributed by atoms with van der Waals surface area (Å²) in [6.07, 6.45) is 5.21. The third-order valence-electron chi connectivity index (χ3n) is 11.9. The SMILES string of the molecule is O=C1c2cccc3cccc(c23)C(=O)N1Cc1ccc(-c2c3nc(c(-c4c(F)c(F)c(F)c(F)c4F)c4ccc(cc5nc(c(-c6c(F)c(F)c(F)c(F)c6F)c6ccc2[nH]6)C=C5)[nH]4)C=C3)cc1. The first-order valence-electron chi connectivity index (χ1n) is 20.3. The normalized spacial score (nSPS) is 13.1. The highest BCUT2D eigenvalue weighted by Gasteiger charge is 2.34. The van der Waals surface area contributed by atoms with Gasteiger partial charge in [0.25, 0.3) is 11.8 Å². The molecule has 68 heavy (non-hydrogen) atoms. The quantitative estimate of drug-likeness (QED) is 0.0778. The lowest BCUT2D eigenvalue weighted by Gasteiger charge is -2.27. The molecule has 0 atom stereocenters. The summed E-state index contributed by atoms with van der Waals surface area (Å²) in [5.74, 6) is -23.2. The lowest BCUT2D eigenvalue weighted by atomic mass is 9.93. The van der Waals surface area contributed by atoms with Crippen LogP contribution in [0.5, 0.6) is 0 Å². The number of nitrogens with one attached hydrogen (secondary N) is 2. The number of aromatic amines is 2. The van der Waals surface area contributed by atoms with Gasteiger partial charge in [0.05, 0.1) is 40.4 Å². The Labute approximate surface area is 375 Å². The fourth-order valence-electron chi connectivity index (χ4n) is 8.80. The van der Waals surface area contributed by atoms with Crippen LogP contribution in [-0.4, -0.2) is 36.7 Å². The first-order valence-corrected chi connectivity index (χ1v) is 20.3. The first kappa shape index (κ1) is 42.1. The number of imide groups is 1. The fourth-order valence-corrected chi connectivity index (χ4v) is 8.80. The van der Waals surface area contributed by atoms with E-state index < -0.39 is 92.2 Å². The van der Waals surface area contributed by atoms with Crippen LogP contribution >= 0.6 is 0 Å². The van der Waals surface area contributed by atoms with Gasteiger partial charge in [-0.25, -0.2) is 53.9 Å². The van der Waals surface area contributed by atoms with Crippen molar-refractivity contribution in [2.24, 2.45) is 0 Å². The summed E-state index contributed by atoms with van der Waals surface area (Å²) in [7, 11) is 0. The van der Waals surface area contributed by atoms with Crippen molar-refractivity contribution in [3.8, 4) is 33.4 Å². The van der Waals surface area contributed by atoms with Crippen molar-refractivity contribution in [3.63, 3.8) is 0 Å². The summed E-state index contributed by atoms with van der Waals surface area (Å²) in [6, 6.07) is 23.2. The molecule has 2 N–H and O–H groups in total. The van der Waals surface area contributed by atoms with E-state index in [1.54, 1.807) is 60.7 Å². The molecule has 8 bridgehead atoms. The van der Waals surface area contributed by atoms with E-state index in [9.17, 15) is 35.9 Å². The monoisotopic (exact) mass is 927 g/mol. The number of benzene rings is 5. The zero-order chi connectivity index (χ0) is 47.4. The fraction of sp³-hybridized carbons (Fsp3) is 0.0196. The molecule has 7 nitrogen and oxygen atoms in total. The molecule has 0 saturated heterocycles. The van der Waals surface area contributed by atoms with Crippen LogP contribution in [0.2, 0.25) is 0 Å². The Kier molecular flexibility index (Phi) is 9.59. The topological polar surface area (TPSA) is 94.7 Å². The minimum Gasteiger partial charge on any atom is -0.355 e. The van der Waals surface area contributed by atoms with Crippen LogP contribution in [-0.2, 0) is 6.54 Å². The van der Waals surface area contributed by atoms with Gasteiger partial charge in [-0.1, -0.05) is 48.5 Å². The maximum absolute atomic E-state index is 15.7. The van der Waals surface area contributed by atoms with Gasteiger partial charge in [0.1, 0.15) is 0 Å². The molecule has 0 radical (unpaired) electrons. The van der Waals surface area contributed by atoms with Crippen molar-refractivity contribution >= 4 is 69.0 Å². The largest absolute Gasteiger partial charge is 0.355 e. The van der Waals surface area contributed by atoms with Crippen LogP contribution in [0.4, 0.5) is 43.9 Å². The molecule has 3 aromatic heterocycles. The number of carbonyl (C=O) groups excluding carboxylic acids is 2. The Morgan fingerprint density at radius 3 is 1.46 bits per heavy atom. The third-order valence-corrected chi connectivity index (χ3v) is 11.9. The van der Waals surface area contributed by atoms with Gasteiger partial charge in [-0.3, -0.25) is 14.5 Å². The second-order valence-electron chi connectivity index (χ2n) is 15.8. The highest BCUT2D eigenvalue weighted by molar-refractivity contribution is 6.25. The van der Waals surface area contributed by atoms with E-state index in [-0.39, 0.29) is 57.0 Å². The van der Waals surface area contributed by atoms with Crippen molar-refractivity contribution in [2.75, 3.05) is 0 Å². The van der Waals surface area contributed by atoms with Gasteiger partial charge in [0.15, 0.2) is 46.5 Å². The van der Waals surface area contributed by atoms with Crippen LogP contribution in [0.15, 0.2) is 91.0 Å². The molecule has 17 heteroatoms. The number of aromatic nitrogens is 4. The van der Waals surface area contributed by atoms with Crippen LogP contribution in [0.3, 0.4) is 0 Å². The molecule has 0 spiro atoms. The number of halogens is 10. The van der Waals surface area contributed by atoms with E-state index in [2.05, 4.69) is 19.9 Å². The van der Waals surface area contributed by atoms with Gasteiger partial charge >= 0.3 is 0 Å². The van der Waals surface area contributed by atoms with E-state index in [0.717, 1.165) is 10.3 Å². The van der Waals surface area contributed by atoms with Crippen LogP contribution in [0, 0.1) is 58.2 Å². The number of carbonyl (C=O) groups is 2. The van der Waals surface area contributed by atoms with Gasteiger partial charge in [0, 0.05) is 55.3 Å². The Hall–Kier alpha value is -8.60. The molecular weight excluding hydrogens is 905 g/mol. The summed E-state index contributed by atoms with van der Waals surface area (Å²) in [5.41, 5.74) is -2.77. The smallest absolute Gasteiger partial charge is 0.261 e. The molecule has 334 valence electrons. The Balaban J connectivity index is 1.17. The van der Waals surface area contributed by atoms with Crippen molar-refractivity contribution in [1.82, 2.24) is 24.8 Å². The molecule has 11 rings (SSSR count). The lowest BCUT2D eigenvalue weighted by molar-refractivity contribution is 0.0598. The highest BCUT2D eigenvalue weighted by Crippen LogP contribution is 2.41. The van der Waals surface area contributed by atoms with Gasteiger partial charge < -0.3 is 9.97 Å². The Morgan fingerprint density at radius 2 is 0.897 bits per heavy atom. The zero-order valence-electron chi connectivity index (χ0n) is 34.1. The summed E-state index contributed by atoms with van der Waals surface area (Å²) in [6.45, 7) is -0.173.